The Morgan fingerprint density at radius 2 is 2.32 bits per heavy atom. The quantitative estimate of drug-likeness (QED) is 0.643. The van der Waals surface area contributed by atoms with E-state index >= 15 is 0 Å². The molecule has 0 fully saturated rings. The minimum absolute atomic E-state index is 0.276. The van der Waals surface area contributed by atoms with E-state index in [1.54, 1.807) is 31.3 Å². The molecule has 0 radical (unpaired) electrons. The average molecular weight is 283 g/mol. The van der Waals surface area contributed by atoms with Gasteiger partial charge in [-0.1, -0.05) is 24.9 Å². The summed E-state index contributed by atoms with van der Waals surface area (Å²) in [4.78, 5) is 11.7. The molecule has 1 aromatic carbocycles. The van der Waals surface area contributed by atoms with E-state index in [0.29, 0.717) is 10.8 Å². The fourth-order valence-corrected chi connectivity index (χ4v) is 1.61. The molecule has 1 aromatic rings. The van der Waals surface area contributed by atoms with Crippen LogP contribution in [0.5, 0.6) is 5.75 Å². The molecule has 1 N–H and O–H groups in total. The zero-order valence-corrected chi connectivity index (χ0v) is 12.2. The van der Waals surface area contributed by atoms with Gasteiger partial charge in [-0.2, -0.15) is 5.10 Å². The van der Waals surface area contributed by atoms with E-state index in [-0.39, 0.29) is 5.91 Å². The number of amides is 1. The lowest BCUT2D eigenvalue weighted by Crippen LogP contribution is -2.33. The topological polar surface area (TPSA) is 50.7 Å². The summed E-state index contributed by atoms with van der Waals surface area (Å²) in [5.74, 6) is 0.367. The Morgan fingerprint density at radius 1 is 1.58 bits per heavy atom. The van der Waals surface area contributed by atoms with Crippen LogP contribution in [0.15, 0.2) is 23.3 Å². The van der Waals surface area contributed by atoms with E-state index in [2.05, 4.69) is 10.5 Å². The third kappa shape index (κ3) is 5.30. The van der Waals surface area contributed by atoms with Crippen molar-refractivity contribution in [1.29, 1.82) is 0 Å². The monoisotopic (exact) mass is 282 g/mol. The molecule has 0 saturated carbocycles. The van der Waals surface area contributed by atoms with Crippen LogP contribution in [0.2, 0.25) is 5.02 Å². The summed E-state index contributed by atoms with van der Waals surface area (Å²) in [6, 6.07) is 5.27. The van der Waals surface area contributed by atoms with Gasteiger partial charge in [-0.05, 0) is 44.0 Å². The summed E-state index contributed by atoms with van der Waals surface area (Å²) in [6.07, 6.45) is 2.90. The van der Waals surface area contributed by atoms with Crippen LogP contribution in [0.4, 0.5) is 0 Å². The minimum atomic E-state index is -0.612. The summed E-state index contributed by atoms with van der Waals surface area (Å²) >= 11 is 5.86. The molecule has 0 aromatic heterocycles. The molecule has 0 aliphatic heterocycles. The van der Waals surface area contributed by atoms with Crippen molar-refractivity contribution < 1.29 is 9.53 Å². The first-order valence-corrected chi connectivity index (χ1v) is 6.66. The Hall–Kier alpha value is -1.55. The number of hydrogen-bond acceptors (Lipinski definition) is 3. The van der Waals surface area contributed by atoms with Crippen molar-refractivity contribution in [3.63, 3.8) is 0 Å². The maximum atomic E-state index is 11.7. The lowest BCUT2D eigenvalue weighted by Gasteiger charge is -2.14. The van der Waals surface area contributed by atoms with Gasteiger partial charge in [-0.15, -0.1) is 0 Å². The van der Waals surface area contributed by atoms with Crippen LogP contribution >= 0.6 is 11.6 Å². The zero-order valence-electron chi connectivity index (χ0n) is 11.4. The third-order valence-corrected chi connectivity index (χ3v) is 2.73. The van der Waals surface area contributed by atoms with Gasteiger partial charge in [0.25, 0.3) is 5.91 Å². The normalized spacial score (nSPS) is 12.4. The molecule has 0 heterocycles. The van der Waals surface area contributed by atoms with Crippen LogP contribution in [0.25, 0.3) is 0 Å². The summed E-state index contributed by atoms with van der Waals surface area (Å²) in [7, 11) is 0. The largest absolute Gasteiger partial charge is 0.481 e. The van der Waals surface area contributed by atoms with Crippen molar-refractivity contribution in [3.8, 4) is 5.75 Å². The molecule has 0 bridgehead atoms. The number of hydrogen-bond donors (Lipinski definition) is 1. The third-order valence-electron chi connectivity index (χ3n) is 2.49. The van der Waals surface area contributed by atoms with E-state index in [9.17, 15) is 4.79 Å². The molecule has 1 rings (SSSR count). The minimum Gasteiger partial charge on any atom is -0.481 e. The van der Waals surface area contributed by atoms with Crippen LogP contribution in [0.3, 0.4) is 0 Å². The second kappa shape index (κ2) is 7.79. The summed E-state index contributed by atoms with van der Waals surface area (Å²) in [6.45, 7) is 5.60. The summed E-state index contributed by atoms with van der Waals surface area (Å²) in [5.41, 5.74) is 3.34. The Bertz CT molecular complexity index is 461. The predicted octanol–water partition coefficient (Wildman–Crippen LogP) is 3.32. The van der Waals surface area contributed by atoms with E-state index in [1.807, 2.05) is 13.8 Å². The van der Waals surface area contributed by atoms with E-state index in [4.69, 9.17) is 16.3 Å². The van der Waals surface area contributed by atoms with Crippen molar-refractivity contribution in [1.82, 2.24) is 5.43 Å². The molecular formula is C14H19ClN2O2. The van der Waals surface area contributed by atoms with Crippen LogP contribution in [0.1, 0.15) is 32.3 Å². The number of nitrogens with zero attached hydrogens (tertiary/aromatic N) is 1. The highest BCUT2D eigenvalue weighted by Crippen LogP contribution is 2.22. The molecule has 5 heteroatoms. The molecule has 0 spiro atoms. The second-order valence-corrected chi connectivity index (χ2v) is 4.68. The lowest BCUT2D eigenvalue weighted by molar-refractivity contribution is -0.127. The molecule has 19 heavy (non-hydrogen) atoms. The molecular weight excluding hydrogens is 264 g/mol. The van der Waals surface area contributed by atoms with E-state index in [0.717, 1.165) is 18.4 Å². The van der Waals surface area contributed by atoms with Gasteiger partial charge in [-0.25, -0.2) is 5.43 Å². The number of halogens is 1. The molecule has 4 nitrogen and oxygen atoms in total. The maximum Gasteiger partial charge on any atom is 0.280 e. The van der Waals surface area contributed by atoms with Gasteiger partial charge >= 0.3 is 0 Å². The highest BCUT2D eigenvalue weighted by Gasteiger charge is 2.14. The molecule has 104 valence electrons. The van der Waals surface area contributed by atoms with Crippen LogP contribution in [0, 0.1) is 6.92 Å². The molecule has 1 atom stereocenters. The van der Waals surface area contributed by atoms with Crippen LogP contribution in [-0.2, 0) is 4.79 Å². The van der Waals surface area contributed by atoms with Gasteiger partial charge in [0.2, 0.25) is 0 Å². The van der Waals surface area contributed by atoms with Crippen LogP contribution < -0.4 is 10.2 Å². The second-order valence-electron chi connectivity index (χ2n) is 4.25. The van der Waals surface area contributed by atoms with Crippen LogP contribution in [-0.4, -0.2) is 18.2 Å². The highest BCUT2D eigenvalue weighted by atomic mass is 35.5. The number of aryl methyl sites for hydroxylation is 1. The molecule has 0 aliphatic carbocycles. The Morgan fingerprint density at radius 3 is 2.95 bits per heavy atom. The van der Waals surface area contributed by atoms with Gasteiger partial charge in [-0.3, -0.25) is 4.79 Å². The van der Waals surface area contributed by atoms with Gasteiger partial charge in [0, 0.05) is 11.2 Å². The standard InChI is InChI=1S/C14H19ClN2O2/c1-4-5-8-16-17-14(18)11(3)19-13-7-6-12(15)9-10(13)2/h6-9,11H,4-5H2,1-3H3,(H,17,18)/b16-8+. The average Bonchev–Trinajstić information content (AvgIpc) is 2.37. The molecule has 0 aliphatic rings. The summed E-state index contributed by atoms with van der Waals surface area (Å²) in [5, 5.41) is 4.48. The van der Waals surface area contributed by atoms with E-state index < -0.39 is 6.10 Å². The fourth-order valence-electron chi connectivity index (χ4n) is 1.38. The first kappa shape index (κ1) is 15.5. The number of ether oxygens (including phenoxy) is 1. The van der Waals surface area contributed by atoms with Crippen molar-refractivity contribution in [2.24, 2.45) is 5.10 Å². The SMILES string of the molecule is CCC/C=N/NC(=O)C(C)Oc1ccc(Cl)cc1C. The zero-order chi connectivity index (χ0) is 14.3. The van der Waals surface area contributed by atoms with Crippen molar-refractivity contribution in [3.05, 3.63) is 28.8 Å². The number of benzene rings is 1. The van der Waals surface area contributed by atoms with Gasteiger partial charge < -0.3 is 4.74 Å². The number of nitrogens with one attached hydrogen (secondary N) is 1. The van der Waals surface area contributed by atoms with E-state index in [1.165, 1.54) is 0 Å². The lowest BCUT2D eigenvalue weighted by atomic mass is 10.2. The number of carbonyl (C=O) groups is 1. The molecule has 0 saturated heterocycles. The smallest absolute Gasteiger partial charge is 0.280 e. The number of hydrazone groups is 1. The summed E-state index contributed by atoms with van der Waals surface area (Å²) < 4.78 is 5.57. The molecule has 1 amide bonds. The highest BCUT2D eigenvalue weighted by molar-refractivity contribution is 6.30. The van der Waals surface area contributed by atoms with Gasteiger partial charge in [0.1, 0.15) is 5.75 Å². The predicted molar refractivity (Wildman–Crippen MR) is 77.8 cm³/mol. The first-order valence-electron chi connectivity index (χ1n) is 6.28. The van der Waals surface area contributed by atoms with Gasteiger partial charge in [0.15, 0.2) is 6.10 Å². The first-order chi connectivity index (χ1) is 9.04. The van der Waals surface area contributed by atoms with Crippen molar-refractivity contribution >= 4 is 23.7 Å². The molecule has 1 unspecified atom stereocenters. The Kier molecular flexibility index (Phi) is 6.36. The number of rotatable bonds is 6. The number of carbonyl (C=O) groups excluding carboxylic acids is 1. The van der Waals surface area contributed by atoms with Crippen molar-refractivity contribution in [2.75, 3.05) is 0 Å². The number of unbranched alkanes of at least 4 members (excludes halogenated alkanes) is 1. The fraction of sp³-hybridized carbons (Fsp3) is 0.429. The van der Waals surface area contributed by atoms with Gasteiger partial charge in [0.05, 0.1) is 0 Å². The maximum absolute atomic E-state index is 11.7. The van der Waals surface area contributed by atoms with Crippen molar-refractivity contribution in [2.45, 2.75) is 39.7 Å². The Balaban J connectivity index is 2.54. The Labute approximate surface area is 118 Å².